The normalized spacial score (nSPS) is 11.2. The second-order valence-electron chi connectivity index (χ2n) is 8.61. The number of halogens is 3. The molecule has 0 aromatic heterocycles. The van der Waals surface area contributed by atoms with Gasteiger partial charge in [-0.05, 0) is 60.4 Å². The van der Waals surface area contributed by atoms with E-state index in [2.05, 4.69) is 31.1 Å². The van der Waals surface area contributed by atoms with Gasteiger partial charge in [0.1, 0.15) is 0 Å². The number of rotatable bonds is 9. The molecule has 0 saturated carbocycles. The van der Waals surface area contributed by atoms with Crippen molar-refractivity contribution in [1.29, 1.82) is 5.26 Å². The van der Waals surface area contributed by atoms with Crippen molar-refractivity contribution in [3.8, 4) is 6.07 Å². The van der Waals surface area contributed by atoms with E-state index in [0.717, 1.165) is 29.7 Å². The number of hydrogen-bond donors (Lipinski definition) is 2. The second kappa shape index (κ2) is 18.1. The fraction of sp³-hybridized carbons (Fsp3) is 0.265. The van der Waals surface area contributed by atoms with Crippen molar-refractivity contribution >= 4 is 11.4 Å². The molecule has 0 aliphatic rings. The molecule has 0 heterocycles. The first kappa shape index (κ1) is 33.8. The van der Waals surface area contributed by atoms with Gasteiger partial charge in [-0.3, -0.25) is 0 Å². The summed E-state index contributed by atoms with van der Waals surface area (Å²) in [5.74, 6) is 0. The molecular weight excluding hydrogens is 507 g/mol. The Morgan fingerprint density at radius 3 is 2.00 bits per heavy atom. The van der Waals surface area contributed by atoms with Gasteiger partial charge in [0.2, 0.25) is 0 Å². The van der Waals surface area contributed by atoms with E-state index in [1.807, 2.05) is 74.5 Å². The van der Waals surface area contributed by atoms with E-state index in [9.17, 15) is 18.4 Å². The maximum Gasteiger partial charge on any atom is 0.416 e. The number of anilines is 2. The number of benzene rings is 3. The van der Waals surface area contributed by atoms with Crippen LogP contribution in [0.25, 0.3) is 0 Å². The minimum atomic E-state index is -4.52. The summed E-state index contributed by atoms with van der Waals surface area (Å²) in [6.07, 6.45) is -0.160. The minimum Gasteiger partial charge on any atom is -0.354 e. The lowest BCUT2D eigenvalue weighted by Crippen LogP contribution is -2.15. The van der Waals surface area contributed by atoms with Crippen LogP contribution in [0.4, 0.5) is 24.5 Å². The van der Waals surface area contributed by atoms with E-state index in [1.54, 1.807) is 31.2 Å². The molecule has 3 aromatic rings. The van der Waals surface area contributed by atoms with Crippen LogP contribution in [0.1, 0.15) is 64.2 Å². The van der Waals surface area contributed by atoms with Crippen molar-refractivity contribution in [2.45, 2.75) is 60.1 Å². The maximum atomic E-state index is 13.6. The molecule has 40 heavy (non-hydrogen) atoms. The molecule has 0 radical (unpaired) electrons. The summed E-state index contributed by atoms with van der Waals surface area (Å²) in [5.41, 5.74) is 3.41. The highest BCUT2D eigenvalue weighted by atomic mass is 19.4. The number of nitrogens with one attached hydrogen (secondary N) is 2. The molecule has 0 aliphatic heterocycles. The molecule has 3 nitrogen and oxygen atoms in total. The van der Waals surface area contributed by atoms with E-state index < -0.39 is 11.7 Å². The molecule has 3 aromatic carbocycles. The van der Waals surface area contributed by atoms with E-state index in [-0.39, 0.29) is 17.8 Å². The van der Waals surface area contributed by atoms with Crippen LogP contribution in [0.15, 0.2) is 115 Å². The van der Waals surface area contributed by atoms with Gasteiger partial charge in [-0.15, -0.1) is 0 Å². The van der Waals surface area contributed by atoms with Crippen LogP contribution in [0.3, 0.4) is 0 Å². The Hall–Kier alpha value is -4.24. The van der Waals surface area contributed by atoms with Gasteiger partial charge in [0.25, 0.3) is 0 Å². The maximum absolute atomic E-state index is 13.6. The van der Waals surface area contributed by atoms with Crippen molar-refractivity contribution < 1.29 is 13.2 Å². The highest BCUT2D eigenvalue weighted by molar-refractivity contribution is 5.62. The molecule has 0 amide bonds. The third-order valence-corrected chi connectivity index (χ3v) is 5.12. The molecular formula is C34H40F3N3. The van der Waals surface area contributed by atoms with Gasteiger partial charge in [0, 0.05) is 11.4 Å². The number of allylic oxidation sites excluding steroid dienone is 3. The molecule has 0 bridgehead atoms. The molecule has 212 valence electrons. The summed E-state index contributed by atoms with van der Waals surface area (Å²) < 4.78 is 40.9. The smallest absolute Gasteiger partial charge is 0.354 e. The Labute approximate surface area is 237 Å². The third-order valence-electron chi connectivity index (χ3n) is 5.12. The van der Waals surface area contributed by atoms with Gasteiger partial charge in [0.05, 0.1) is 28.6 Å². The molecule has 0 fully saturated rings. The lowest BCUT2D eigenvalue weighted by atomic mass is 10.0. The largest absolute Gasteiger partial charge is 0.416 e. The number of hydrogen-bond acceptors (Lipinski definition) is 3. The van der Waals surface area contributed by atoms with Crippen molar-refractivity contribution in [3.63, 3.8) is 0 Å². The third kappa shape index (κ3) is 12.1. The zero-order valence-corrected chi connectivity index (χ0v) is 24.1. The van der Waals surface area contributed by atoms with Crippen LogP contribution < -0.4 is 10.6 Å². The van der Waals surface area contributed by atoms with E-state index in [0.29, 0.717) is 16.9 Å². The van der Waals surface area contributed by atoms with Crippen LogP contribution >= 0.6 is 0 Å². The molecule has 0 spiro atoms. The molecule has 0 aliphatic carbocycles. The predicted molar refractivity (Wildman–Crippen MR) is 163 cm³/mol. The van der Waals surface area contributed by atoms with Gasteiger partial charge in [-0.2, -0.15) is 18.4 Å². The highest BCUT2D eigenvalue weighted by Gasteiger charge is 2.32. The molecule has 6 heteroatoms. The van der Waals surface area contributed by atoms with E-state index >= 15 is 0 Å². The molecule has 2 N–H and O–H groups in total. The molecule has 0 atom stereocenters. The molecule has 0 unspecified atom stereocenters. The monoisotopic (exact) mass is 547 g/mol. The Morgan fingerprint density at radius 1 is 0.850 bits per heavy atom. The topological polar surface area (TPSA) is 47.8 Å². The number of alkyl halides is 3. The van der Waals surface area contributed by atoms with Crippen LogP contribution in [0.5, 0.6) is 0 Å². The average Bonchev–Trinajstić information content (AvgIpc) is 2.94. The Balaban J connectivity index is 0.00000150. The zero-order chi connectivity index (χ0) is 30.0. The lowest BCUT2D eigenvalue weighted by Gasteiger charge is -2.18. The zero-order valence-electron chi connectivity index (χ0n) is 24.1. The summed E-state index contributed by atoms with van der Waals surface area (Å²) >= 11 is 0. The Bertz CT molecular complexity index is 1280. The fourth-order valence-electron chi connectivity index (χ4n) is 3.48. The van der Waals surface area contributed by atoms with Gasteiger partial charge in [-0.1, -0.05) is 102 Å². The predicted octanol–water partition coefficient (Wildman–Crippen LogP) is 10.4. The first-order valence-electron chi connectivity index (χ1n) is 13.6. The van der Waals surface area contributed by atoms with Crippen molar-refractivity contribution in [3.05, 3.63) is 131 Å². The van der Waals surface area contributed by atoms with Crippen molar-refractivity contribution in [2.24, 2.45) is 0 Å². The van der Waals surface area contributed by atoms with Crippen molar-refractivity contribution in [2.75, 3.05) is 10.6 Å². The lowest BCUT2D eigenvalue weighted by molar-refractivity contribution is -0.0884. The van der Waals surface area contributed by atoms with Gasteiger partial charge in [-0.25, -0.2) is 0 Å². The van der Waals surface area contributed by atoms with Crippen LogP contribution in [0.2, 0.25) is 0 Å². The molecule has 0 saturated heterocycles. The SMILES string of the molecule is C=C(Nc1cccc(Cc2ccccc2)c1)/C(=C/C(=C/CC)C(F)(F)F)Nc1cccc(C#N)c1.CC.CCC. The highest BCUT2D eigenvalue weighted by Crippen LogP contribution is 2.30. The summed E-state index contributed by atoms with van der Waals surface area (Å²) in [4.78, 5) is 0. The van der Waals surface area contributed by atoms with Gasteiger partial charge < -0.3 is 10.6 Å². The summed E-state index contributed by atoms with van der Waals surface area (Å²) in [6, 6.07) is 26.2. The minimum absolute atomic E-state index is 0.144. The van der Waals surface area contributed by atoms with Crippen molar-refractivity contribution in [1.82, 2.24) is 0 Å². The number of nitrogens with zero attached hydrogens (tertiary/aromatic N) is 1. The average molecular weight is 548 g/mol. The first-order chi connectivity index (χ1) is 19.2. The van der Waals surface area contributed by atoms with Crippen LogP contribution in [-0.4, -0.2) is 6.18 Å². The van der Waals surface area contributed by atoms with E-state index in [1.165, 1.54) is 6.42 Å². The molecule has 3 rings (SSSR count). The standard InChI is InChI=1S/C29H26F3N3.C3H8.C2H6/c1-3-9-25(29(30,31)32)19-28(35-27-15-8-13-24(18-27)20-33)21(2)34-26-14-7-12-23(17-26)16-22-10-5-4-6-11-22;1-3-2;1-2/h4-15,17-19,34-35H,2-3,16H2,1H3;3H2,1-2H3;1-2H3/b25-9-,28-19-;;. The summed E-state index contributed by atoms with van der Waals surface area (Å²) in [7, 11) is 0. The fourth-order valence-corrected chi connectivity index (χ4v) is 3.48. The Morgan fingerprint density at radius 2 is 1.43 bits per heavy atom. The van der Waals surface area contributed by atoms with Gasteiger partial charge >= 0.3 is 6.18 Å². The summed E-state index contributed by atoms with van der Waals surface area (Å²) in [5, 5.41) is 15.3. The van der Waals surface area contributed by atoms with Crippen LogP contribution in [0, 0.1) is 11.3 Å². The second-order valence-corrected chi connectivity index (χ2v) is 8.61. The van der Waals surface area contributed by atoms with Gasteiger partial charge in [0.15, 0.2) is 0 Å². The van der Waals surface area contributed by atoms with Crippen LogP contribution in [-0.2, 0) is 6.42 Å². The first-order valence-corrected chi connectivity index (χ1v) is 13.6. The quantitative estimate of drug-likeness (QED) is 0.262. The Kier molecular flexibility index (Phi) is 15.3. The summed E-state index contributed by atoms with van der Waals surface area (Å²) in [6.45, 7) is 13.9. The van der Waals surface area contributed by atoms with E-state index in [4.69, 9.17) is 0 Å². The number of nitriles is 1.